The second-order valence-corrected chi connectivity index (χ2v) is 5.78. The molecule has 152 valence electrons. The quantitative estimate of drug-likeness (QED) is 0.708. The second-order valence-electron chi connectivity index (χ2n) is 5.78. The third kappa shape index (κ3) is 5.44. The fourth-order valence-electron chi connectivity index (χ4n) is 2.42. The van der Waals surface area contributed by atoms with Gasteiger partial charge in [0.2, 0.25) is 0 Å². The van der Waals surface area contributed by atoms with Crippen LogP contribution in [0.3, 0.4) is 0 Å². The van der Waals surface area contributed by atoms with Crippen LogP contribution in [0.5, 0.6) is 0 Å². The Hall–Kier alpha value is -2.62. The summed E-state index contributed by atoms with van der Waals surface area (Å²) in [6, 6.07) is 5.78. The normalized spacial score (nSPS) is 13.3. The van der Waals surface area contributed by atoms with Crippen LogP contribution < -0.4 is 5.32 Å². The van der Waals surface area contributed by atoms with E-state index < -0.39 is 46.9 Å². The van der Waals surface area contributed by atoms with Gasteiger partial charge < -0.3 is 10.1 Å². The lowest BCUT2D eigenvalue weighted by atomic mass is 10.0. The van der Waals surface area contributed by atoms with Crippen molar-refractivity contribution < 1.29 is 40.3 Å². The van der Waals surface area contributed by atoms with Crippen molar-refractivity contribution in [1.82, 2.24) is 5.32 Å². The minimum atomic E-state index is -5.06. The average Bonchev–Trinajstić information content (AvgIpc) is 2.60. The van der Waals surface area contributed by atoms with E-state index >= 15 is 0 Å². The van der Waals surface area contributed by atoms with E-state index in [1.807, 2.05) is 0 Å². The van der Waals surface area contributed by atoms with Crippen molar-refractivity contribution in [3.63, 3.8) is 0 Å². The van der Waals surface area contributed by atoms with E-state index in [1.54, 1.807) is 0 Å². The average molecular weight is 409 g/mol. The molecule has 2 aromatic rings. The second kappa shape index (κ2) is 8.17. The van der Waals surface area contributed by atoms with Gasteiger partial charge in [0.25, 0.3) is 5.91 Å². The zero-order valence-electron chi connectivity index (χ0n) is 14.3. The number of rotatable bonds is 5. The highest BCUT2D eigenvalue weighted by molar-refractivity contribution is 5.94. The zero-order valence-corrected chi connectivity index (χ0v) is 14.3. The maximum atomic E-state index is 13.3. The molecule has 10 heteroatoms. The molecular formula is C18H14F7NO2. The predicted molar refractivity (Wildman–Crippen MR) is 84.9 cm³/mol. The number of carbonyl (C=O) groups is 1. The van der Waals surface area contributed by atoms with E-state index in [-0.39, 0.29) is 12.6 Å². The zero-order chi connectivity index (χ0) is 21.1. The Morgan fingerprint density at radius 2 is 1.57 bits per heavy atom. The third-order valence-electron chi connectivity index (χ3n) is 3.80. The summed E-state index contributed by atoms with van der Waals surface area (Å²) in [4.78, 5) is 12.1. The molecule has 2 rings (SSSR count). The summed E-state index contributed by atoms with van der Waals surface area (Å²) < 4.78 is 95.6. The molecule has 1 atom stereocenters. The van der Waals surface area contributed by atoms with E-state index in [4.69, 9.17) is 4.74 Å². The van der Waals surface area contributed by atoms with Gasteiger partial charge in [0.15, 0.2) is 0 Å². The third-order valence-corrected chi connectivity index (χ3v) is 3.80. The van der Waals surface area contributed by atoms with Crippen LogP contribution in [0, 0.1) is 5.82 Å². The predicted octanol–water partition coefficient (Wildman–Crippen LogP) is 4.98. The SMILES string of the molecule is COC(CNC(=O)c1cc(C(F)(F)F)cc(C(F)(F)F)c1)c1cccc(F)c1. The molecule has 0 aliphatic heterocycles. The Morgan fingerprint density at radius 1 is 1.00 bits per heavy atom. The van der Waals surface area contributed by atoms with Crippen LogP contribution in [0.1, 0.15) is 33.2 Å². The first kappa shape index (κ1) is 21.7. The standard InChI is InChI=1S/C18H14F7NO2/c1-28-15(10-3-2-4-14(19)7-10)9-26-16(27)11-5-12(17(20,21)22)8-13(6-11)18(23,24)25/h2-8,15H,9H2,1H3,(H,26,27). The van der Waals surface area contributed by atoms with Crippen molar-refractivity contribution in [3.8, 4) is 0 Å². The monoisotopic (exact) mass is 409 g/mol. The number of methoxy groups -OCH3 is 1. The number of hydrogen-bond acceptors (Lipinski definition) is 2. The summed E-state index contributed by atoms with van der Waals surface area (Å²) in [5.41, 5.74) is -3.67. The number of halogens is 7. The van der Waals surface area contributed by atoms with E-state index in [2.05, 4.69) is 5.32 Å². The van der Waals surface area contributed by atoms with Gasteiger partial charge in [-0.3, -0.25) is 4.79 Å². The summed E-state index contributed by atoms with van der Waals surface area (Å²) in [6.07, 6.45) is -11.0. The lowest BCUT2D eigenvalue weighted by molar-refractivity contribution is -0.143. The molecule has 0 saturated carbocycles. The van der Waals surface area contributed by atoms with Gasteiger partial charge in [-0.2, -0.15) is 26.3 Å². The molecule has 0 radical (unpaired) electrons. The van der Waals surface area contributed by atoms with Gasteiger partial charge in [-0.15, -0.1) is 0 Å². The largest absolute Gasteiger partial charge is 0.416 e. The van der Waals surface area contributed by atoms with E-state index in [0.717, 1.165) is 6.07 Å². The Bertz CT molecular complexity index is 814. The maximum absolute atomic E-state index is 13.3. The Morgan fingerprint density at radius 3 is 2.04 bits per heavy atom. The first-order valence-electron chi connectivity index (χ1n) is 7.77. The molecule has 0 aromatic heterocycles. The number of benzene rings is 2. The minimum Gasteiger partial charge on any atom is -0.375 e. The van der Waals surface area contributed by atoms with Crippen LogP contribution in [-0.4, -0.2) is 19.6 Å². The fraction of sp³-hybridized carbons (Fsp3) is 0.278. The van der Waals surface area contributed by atoms with Crippen molar-refractivity contribution in [2.75, 3.05) is 13.7 Å². The van der Waals surface area contributed by atoms with E-state index in [9.17, 15) is 35.5 Å². The summed E-state index contributed by atoms with van der Waals surface area (Å²) in [7, 11) is 1.26. The summed E-state index contributed by atoms with van der Waals surface area (Å²) >= 11 is 0. The molecule has 0 heterocycles. The molecule has 3 nitrogen and oxygen atoms in total. The van der Waals surface area contributed by atoms with Gasteiger partial charge in [0, 0.05) is 19.2 Å². The van der Waals surface area contributed by atoms with Crippen molar-refractivity contribution >= 4 is 5.91 Å². The van der Waals surface area contributed by atoms with Gasteiger partial charge >= 0.3 is 12.4 Å². The van der Waals surface area contributed by atoms with Crippen molar-refractivity contribution in [2.24, 2.45) is 0 Å². The number of hydrogen-bond donors (Lipinski definition) is 1. The van der Waals surface area contributed by atoms with E-state index in [1.165, 1.54) is 25.3 Å². The number of alkyl halides is 6. The topological polar surface area (TPSA) is 38.3 Å². The summed E-state index contributed by atoms with van der Waals surface area (Å²) in [6.45, 7) is -0.295. The van der Waals surface area contributed by atoms with Crippen molar-refractivity contribution in [1.29, 1.82) is 0 Å². The van der Waals surface area contributed by atoms with Crippen LogP contribution >= 0.6 is 0 Å². The van der Waals surface area contributed by atoms with Crippen LogP contribution in [0.25, 0.3) is 0 Å². The molecular weight excluding hydrogens is 395 g/mol. The van der Waals surface area contributed by atoms with Crippen molar-refractivity contribution in [3.05, 3.63) is 70.5 Å². The first-order chi connectivity index (χ1) is 12.9. The van der Waals surface area contributed by atoms with Gasteiger partial charge in [0.05, 0.1) is 17.2 Å². The molecule has 2 aromatic carbocycles. The van der Waals surface area contributed by atoms with Crippen LogP contribution in [-0.2, 0) is 17.1 Å². The molecule has 0 fully saturated rings. The van der Waals surface area contributed by atoms with Gasteiger partial charge in [-0.05, 0) is 35.9 Å². The first-order valence-corrected chi connectivity index (χ1v) is 7.77. The molecule has 1 amide bonds. The smallest absolute Gasteiger partial charge is 0.375 e. The molecule has 28 heavy (non-hydrogen) atoms. The van der Waals surface area contributed by atoms with Gasteiger partial charge in [-0.1, -0.05) is 12.1 Å². The van der Waals surface area contributed by atoms with Crippen LogP contribution in [0.15, 0.2) is 42.5 Å². The van der Waals surface area contributed by atoms with Gasteiger partial charge in [0.1, 0.15) is 5.82 Å². The van der Waals surface area contributed by atoms with Gasteiger partial charge in [-0.25, -0.2) is 4.39 Å². The number of amides is 1. The molecule has 0 aliphatic carbocycles. The summed E-state index contributed by atoms with van der Waals surface area (Å²) in [5.74, 6) is -1.73. The van der Waals surface area contributed by atoms with E-state index in [0.29, 0.717) is 17.7 Å². The van der Waals surface area contributed by atoms with Crippen molar-refractivity contribution in [2.45, 2.75) is 18.5 Å². The van der Waals surface area contributed by atoms with Crippen LogP contribution in [0.2, 0.25) is 0 Å². The molecule has 0 bridgehead atoms. The lowest BCUT2D eigenvalue weighted by Crippen LogP contribution is -2.29. The maximum Gasteiger partial charge on any atom is 0.416 e. The number of nitrogens with one attached hydrogen (secondary N) is 1. The molecule has 0 saturated heterocycles. The highest BCUT2D eigenvalue weighted by Gasteiger charge is 2.37. The number of carbonyl (C=O) groups excluding carboxylic acids is 1. The summed E-state index contributed by atoms with van der Waals surface area (Å²) in [5, 5.41) is 2.20. The van der Waals surface area contributed by atoms with Crippen LogP contribution in [0.4, 0.5) is 30.7 Å². The number of ether oxygens (including phenoxy) is 1. The molecule has 1 N–H and O–H groups in total. The Labute approximate surface area is 155 Å². The highest BCUT2D eigenvalue weighted by Crippen LogP contribution is 2.36. The fourth-order valence-corrected chi connectivity index (χ4v) is 2.42. The lowest BCUT2D eigenvalue weighted by Gasteiger charge is -2.18. The minimum absolute atomic E-state index is 0.0680. The Kier molecular flexibility index (Phi) is 6.33. The highest BCUT2D eigenvalue weighted by atomic mass is 19.4. The molecule has 0 aliphatic rings. The molecule has 1 unspecified atom stereocenters. The Balaban J connectivity index is 2.25. The molecule has 0 spiro atoms.